The van der Waals surface area contributed by atoms with Gasteiger partial charge in [0.05, 0.1) is 12.9 Å². The van der Waals surface area contributed by atoms with Crippen molar-refractivity contribution in [2.45, 2.75) is 31.0 Å². The zero-order valence-electron chi connectivity index (χ0n) is 15.8. The van der Waals surface area contributed by atoms with Gasteiger partial charge >= 0.3 is 23.5 Å². The van der Waals surface area contributed by atoms with Crippen molar-refractivity contribution in [1.82, 2.24) is 19.5 Å². The van der Waals surface area contributed by atoms with E-state index in [1.807, 2.05) is 0 Å². The van der Waals surface area contributed by atoms with Crippen molar-refractivity contribution < 1.29 is 61.4 Å². The Morgan fingerprint density at radius 3 is 2.44 bits per heavy atom. The quantitative estimate of drug-likeness (QED) is 0.200. The molecule has 6 atom stereocenters. The van der Waals surface area contributed by atoms with E-state index in [1.165, 1.54) is 17.8 Å². The Morgan fingerprint density at radius 1 is 1.16 bits per heavy atom. The molecule has 1 aliphatic rings. The molecular weight excluding hydrogens is 503 g/mol. The molecule has 0 bridgehead atoms. The van der Waals surface area contributed by atoms with E-state index in [0.717, 1.165) is 6.33 Å². The normalized spacial score (nSPS) is 30.3. The minimum absolute atomic E-state index is 0.0381. The Kier molecular flexibility index (Phi) is 6.67. The molecule has 32 heavy (non-hydrogen) atoms. The van der Waals surface area contributed by atoms with Crippen molar-refractivity contribution in [1.29, 1.82) is 0 Å². The van der Waals surface area contributed by atoms with Gasteiger partial charge in [-0.2, -0.15) is 8.62 Å². The number of fused-ring (bicyclic) bond motifs is 1. The smallest absolute Gasteiger partial charge is 0.387 e. The average Bonchev–Trinajstić information content (AvgIpc) is 3.11. The van der Waals surface area contributed by atoms with Crippen LogP contribution in [-0.4, -0.2) is 73.7 Å². The predicted octanol–water partition coefficient (Wildman–Crippen LogP) is -1.24. The van der Waals surface area contributed by atoms with Crippen molar-refractivity contribution in [2.24, 2.45) is 0 Å². The van der Waals surface area contributed by atoms with Crippen LogP contribution in [0.1, 0.15) is 13.2 Å². The van der Waals surface area contributed by atoms with Crippen molar-refractivity contribution >= 4 is 40.4 Å². The van der Waals surface area contributed by atoms with E-state index < -0.39 is 54.1 Å². The summed E-state index contributed by atoms with van der Waals surface area (Å²) in [6.45, 7) is 0.213. The van der Waals surface area contributed by atoms with Crippen LogP contribution in [0.5, 0.6) is 0 Å². The van der Waals surface area contributed by atoms with Crippen molar-refractivity contribution in [3.63, 3.8) is 0 Å². The first-order valence-corrected chi connectivity index (χ1v) is 12.8. The molecule has 2 aromatic heterocycles. The summed E-state index contributed by atoms with van der Waals surface area (Å²) in [5.74, 6) is 0.0381. The number of aliphatic hydroxyl groups excluding tert-OH is 1. The van der Waals surface area contributed by atoms with Crippen LogP contribution >= 0.6 is 23.5 Å². The molecule has 8 N–H and O–H groups in total. The molecular formula is C11H18N5O13P3. The lowest BCUT2D eigenvalue weighted by molar-refractivity contribution is -0.0949. The molecule has 3 unspecified atom stereocenters. The van der Waals surface area contributed by atoms with Crippen LogP contribution in [0.3, 0.4) is 0 Å². The molecule has 0 saturated carbocycles. The third-order valence-electron chi connectivity index (χ3n) is 4.21. The van der Waals surface area contributed by atoms with Gasteiger partial charge in [0.1, 0.15) is 29.7 Å². The van der Waals surface area contributed by atoms with Crippen LogP contribution < -0.4 is 5.73 Å². The van der Waals surface area contributed by atoms with Crippen molar-refractivity contribution in [3.8, 4) is 0 Å². The molecule has 0 aromatic carbocycles. The second-order valence-electron chi connectivity index (χ2n) is 6.67. The number of nitrogens with two attached hydrogens (primary N) is 1. The van der Waals surface area contributed by atoms with Crippen LogP contribution in [0.4, 0.5) is 5.82 Å². The fourth-order valence-corrected chi connectivity index (χ4v) is 5.92. The number of hydrogen-bond acceptors (Lipinski definition) is 13. The van der Waals surface area contributed by atoms with Gasteiger partial charge in [0, 0.05) is 0 Å². The molecule has 18 nitrogen and oxygen atoms in total. The summed E-state index contributed by atoms with van der Waals surface area (Å²) in [4.78, 5) is 47.5. The standard InChI is InChI=1S/C11H18N5O13P3/c1-11(18)7(17)5(2-26-31(22,23)29-32(24,25)28-30(19,20)21)27-10(11)16-4-15-6-8(12)13-3-14-9(6)16/h3-5,7,10,17-18H,2H2,1H3,(H,22,23)(H,24,25)(H2,12,13,14)(H2,19,20,21)/t5-,7+,10-,11?/m1/s1. The highest BCUT2D eigenvalue weighted by Gasteiger charge is 2.54. The fraction of sp³-hybridized carbons (Fsp3) is 0.545. The average molecular weight is 521 g/mol. The number of phosphoric acid groups is 3. The summed E-state index contributed by atoms with van der Waals surface area (Å²) < 4.78 is 52.2. The number of nitrogen functional groups attached to an aromatic ring is 1. The maximum absolute atomic E-state index is 11.9. The van der Waals surface area contributed by atoms with Gasteiger partial charge in [0.25, 0.3) is 0 Å². The Labute approximate surface area is 178 Å². The number of aliphatic hydroxyl groups is 2. The monoisotopic (exact) mass is 521 g/mol. The molecule has 1 saturated heterocycles. The number of rotatable bonds is 8. The number of imidazole rings is 1. The van der Waals surface area contributed by atoms with E-state index in [9.17, 15) is 28.8 Å². The summed E-state index contributed by atoms with van der Waals surface area (Å²) in [6.07, 6.45) is -2.23. The first-order valence-electron chi connectivity index (χ1n) is 8.30. The Bertz CT molecular complexity index is 1150. The molecule has 180 valence electrons. The van der Waals surface area contributed by atoms with E-state index >= 15 is 0 Å². The Morgan fingerprint density at radius 2 is 1.81 bits per heavy atom. The van der Waals surface area contributed by atoms with Gasteiger partial charge in [0.2, 0.25) is 0 Å². The SMILES string of the molecule is CC1(O)[C@@H](O)[C@@H](COP(=O)(O)OP(=O)(O)OP(=O)(O)O)O[C@H]1n1cnc2c(N)ncnc21. The van der Waals surface area contributed by atoms with Crippen LogP contribution in [0.25, 0.3) is 11.2 Å². The summed E-state index contributed by atoms with van der Waals surface area (Å²) in [6, 6.07) is 0. The number of anilines is 1. The van der Waals surface area contributed by atoms with Crippen LogP contribution in [0.2, 0.25) is 0 Å². The lowest BCUT2D eigenvalue weighted by Crippen LogP contribution is -2.44. The first-order chi connectivity index (χ1) is 14.5. The largest absolute Gasteiger partial charge is 0.490 e. The molecule has 3 rings (SSSR count). The zero-order valence-corrected chi connectivity index (χ0v) is 18.5. The van der Waals surface area contributed by atoms with E-state index in [2.05, 4.69) is 28.1 Å². The minimum Gasteiger partial charge on any atom is -0.387 e. The van der Waals surface area contributed by atoms with E-state index in [1.54, 1.807) is 0 Å². The highest BCUT2D eigenvalue weighted by Crippen LogP contribution is 2.66. The minimum atomic E-state index is -5.71. The third-order valence-corrected chi connectivity index (χ3v) is 8.01. The maximum atomic E-state index is 11.9. The second-order valence-corrected chi connectivity index (χ2v) is 11.1. The molecule has 0 radical (unpaired) electrons. The van der Waals surface area contributed by atoms with E-state index in [0.29, 0.717) is 0 Å². The van der Waals surface area contributed by atoms with Crippen LogP contribution in [-0.2, 0) is 31.6 Å². The number of nitrogens with zero attached hydrogens (tertiary/aromatic N) is 4. The summed E-state index contributed by atoms with van der Waals surface area (Å²) >= 11 is 0. The molecule has 1 aliphatic heterocycles. The van der Waals surface area contributed by atoms with Gasteiger partial charge in [-0.1, -0.05) is 0 Å². The zero-order chi connectivity index (χ0) is 24.1. The lowest BCUT2D eigenvalue weighted by Gasteiger charge is -2.27. The lowest BCUT2D eigenvalue weighted by atomic mass is 9.96. The molecule has 2 aromatic rings. The van der Waals surface area contributed by atoms with Gasteiger partial charge in [-0.3, -0.25) is 9.09 Å². The highest BCUT2D eigenvalue weighted by molar-refractivity contribution is 7.66. The summed E-state index contributed by atoms with van der Waals surface area (Å²) in [7, 11) is -16.7. The number of hydrogen-bond donors (Lipinski definition) is 7. The van der Waals surface area contributed by atoms with Gasteiger partial charge in [-0.05, 0) is 6.92 Å². The van der Waals surface area contributed by atoms with Crippen LogP contribution in [0, 0.1) is 0 Å². The number of phosphoric ester groups is 1. The molecule has 3 heterocycles. The number of ether oxygens (including phenoxy) is 1. The molecule has 1 fully saturated rings. The fourth-order valence-electron chi connectivity index (χ4n) is 2.89. The third kappa shape index (κ3) is 5.40. The first kappa shape index (κ1) is 25.3. The Balaban J connectivity index is 1.74. The summed E-state index contributed by atoms with van der Waals surface area (Å²) in [5, 5.41) is 21.1. The second kappa shape index (κ2) is 8.45. The van der Waals surface area contributed by atoms with E-state index in [4.69, 9.17) is 25.2 Å². The maximum Gasteiger partial charge on any atom is 0.490 e. The topological polar surface area (TPSA) is 279 Å². The molecule has 0 amide bonds. The van der Waals surface area contributed by atoms with Crippen LogP contribution in [0.15, 0.2) is 12.7 Å². The van der Waals surface area contributed by atoms with Gasteiger partial charge in [0.15, 0.2) is 17.7 Å². The van der Waals surface area contributed by atoms with Crippen molar-refractivity contribution in [3.05, 3.63) is 12.7 Å². The molecule has 21 heteroatoms. The van der Waals surface area contributed by atoms with Gasteiger partial charge < -0.3 is 40.3 Å². The van der Waals surface area contributed by atoms with Gasteiger partial charge in [-0.25, -0.2) is 28.6 Å². The summed E-state index contributed by atoms with van der Waals surface area (Å²) in [5.41, 5.74) is 4.00. The Hall–Kier alpha value is -1.36. The van der Waals surface area contributed by atoms with Gasteiger partial charge in [-0.15, -0.1) is 0 Å². The van der Waals surface area contributed by atoms with Crippen molar-refractivity contribution in [2.75, 3.05) is 12.3 Å². The molecule has 0 aliphatic carbocycles. The highest BCUT2D eigenvalue weighted by atomic mass is 31.3. The van der Waals surface area contributed by atoms with E-state index in [-0.39, 0.29) is 17.0 Å². The molecule has 0 spiro atoms. The predicted molar refractivity (Wildman–Crippen MR) is 100 cm³/mol. The number of aromatic nitrogens is 4.